The molecule has 2 heterocycles. The molecule has 1 aromatic rings. The van der Waals surface area contributed by atoms with Crippen molar-refractivity contribution in [2.24, 2.45) is 11.8 Å². The number of carbonyl (C=O) groups excluding carboxylic acids is 1. The number of aryl methyl sites for hydroxylation is 1. The second-order valence-corrected chi connectivity index (χ2v) is 9.33. The van der Waals surface area contributed by atoms with Gasteiger partial charge in [0.15, 0.2) is 0 Å². The zero-order valence-electron chi connectivity index (χ0n) is 16.7. The summed E-state index contributed by atoms with van der Waals surface area (Å²) in [7, 11) is 0. The third kappa shape index (κ3) is 3.47. The minimum absolute atomic E-state index is 0.0383. The van der Waals surface area contributed by atoms with Gasteiger partial charge in [0.1, 0.15) is 11.3 Å². The van der Waals surface area contributed by atoms with Crippen LogP contribution in [0.15, 0.2) is 18.2 Å². The van der Waals surface area contributed by atoms with Crippen LogP contribution in [0.4, 0.5) is 16.2 Å². The van der Waals surface area contributed by atoms with Gasteiger partial charge in [0.2, 0.25) is 0 Å². The van der Waals surface area contributed by atoms with Gasteiger partial charge in [-0.2, -0.15) is 0 Å². The number of likely N-dealkylation sites (tertiary alicyclic amines) is 1. The van der Waals surface area contributed by atoms with Gasteiger partial charge < -0.3 is 25.4 Å². The molecule has 0 aromatic heterocycles. The Morgan fingerprint density at radius 3 is 2.56 bits per heavy atom. The summed E-state index contributed by atoms with van der Waals surface area (Å²) < 4.78 is 5.48. The third-order valence-corrected chi connectivity index (χ3v) is 5.90. The van der Waals surface area contributed by atoms with Crippen LogP contribution in [-0.4, -0.2) is 46.6 Å². The van der Waals surface area contributed by atoms with Gasteiger partial charge in [-0.05, 0) is 64.7 Å². The normalized spacial score (nSPS) is 30.3. The Balaban J connectivity index is 1.51. The van der Waals surface area contributed by atoms with Crippen LogP contribution in [0.1, 0.15) is 45.6 Å². The zero-order chi connectivity index (χ0) is 19.4. The number of anilines is 2. The molecule has 3 aliphatic rings. The van der Waals surface area contributed by atoms with E-state index in [2.05, 4.69) is 35.8 Å². The Kier molecular flexibility index (Phi) is 4.29. The molecule has 1 aliphatic carbocycles. The standard InChI is InChI=1S/C21H31N3O3/c1-13-5-8-16-17(11-13)23-21(22-16,14-6-7-14)15-9-10-24(12-18(15)25)19(26)27-20(2,3)4/h5,8,11,14-15,18,22-23,25H,6-7,9-10,12H2,1-4H3. The van der Waals surface area contributed by atoms with Gasteiger partial charge in [-0.25, -0.2) is 4.79 Å². The molecule has 1 saturated heterocycles. The molecule has 0 radical (unpaired) electrons. The zero-order valence-corrected chi connectivity index (χ0v) is 16.7. The first-order valence-electron chi connectivity index (χ1n) is 10.0. The second kappa shape index (κ2) is 6.30. The second-order valence-electron chi connectivity index (χ2n) is 9.33. The molecule has 1 saturated carbocycles. The van der Waals surface area contributed by atoms with Crippen LogP contribution in [0, 0.1) is 18.8 Å². The molecule has 1 aromatic carbocycles. The smallest absolute Gasteiger partial charge is 0.410 e. The van der Waals surface area contributed by atoms with Crippen LogP contribution in [0.2, 0.25) is 0 Å². The highest BCUT2D eigenvalue weighted by atomic mass is 16.6. The summed E-state index contributed by atoms with van der Waals surface area (Å²) in [6.45, 7) is 8.59. The number of benzene rings is 1. The number of amides is 1. The quantitative estimate of drug-likeness (QED) is 0.739. The molecular formula is C21H31N3O3. The maximum atomic E-state index is 12.4. The number of fused-ring (bicyclic) bond motifs is 1. The number of nitrogens with zero attached hydrogens (tertiary/aromatic N) is 1. The average Bonchev–Trinajstić information content (AvgIpc) is 3.35. The molecule has 1 amide bonds. The molecule has 0 bridgehead atoms. The van der Waals surface area contributed by atoms with Crippen LogP contribution >= 0.6 is 0 Å². The first kappa shape index (κ1) is 18.4. The van der Waals surface area contributed by atoms with Crippen molar-refractivity contribution in [2.45, 2.75) is 64.3 Å². The molecule has 6 nitrogen and oxygen atoms in total. The van der Waals surface area contributed by atoms with Crippen molar-refractivity contribution >= 4 is 17.5 Å². The minimum atomic E-state index is -0.595. The number of hydrogen-bond donors (Lipinski definition) is 3. The van der Waals surface area contributed by atoms with Crippen LogP contribution in [-0.2, 0) is 4.74 Å². The summed E-state index contributed by atoms with van der Waals surface area (Å²) in [6.07, 6.45) is 2.12. The Morgan fingerprint density at radius 1 is 1.22 bits per heavy atom. The first-order chi connectivity index (χ1) is 12.7. The van der Waals surface area contributed by atoms with E-state index >= 15 is 0 Å². The number of β-amino-alcohol motifs (C(OH)–C–C–N with tert-alkyl or cyclic N) is 1. The Morgan fingerprint density at radius 2 is 1.93 bits per heavy atom. The molecule has 148 valence electrons. The number of aliphatic hydroxyl groups excluding tert-OH is 1. The molecular weight excluding hydrogens is 342 g/mol. The van der Waals surface area contributed by atoms with Crippen LogP contribution in [0.25, 0.3) is 0 Å². The lowest BCUT2D eigenvalue weighted by Crippen LogP contribution is -2.61. The fourth-order valence-corrected chi connectivity index (χ4v) is 4.53. The molecule has 3 unspecified atom stereocenters. The highest BCUT2D eigenvalue weighted by molar-refractivity contribution is 5.77. The van der Waals surface area contributed by atoms with Gasteiger partial charge in [0, 0.05) is 18.4 Å². The Labute approximate surface area is 161 Å². The highest BCUT2D eigenvalue weighted by Crippen LogP contribution is 2.52. The van der Waals surface area contributed by atoms with E-state index < -0.39 is 11.7 Å². The van der Waals surface area contributed by atoms with Crippen molar-refractivity contribution in [1.82, 2.24) is 4.90 Å². The molecule has 3 atom stereocenters. The molecule has 2 aliphatic heterocycles. The van der Waals surface area contributed by atoms with Gasteiger partial charge in [0.25, 0.3) is 0 Å². The van der Waals surface area contributed by atoms with Crippen LogP contribution in [0.5, 0.6) is 0 Å². The molecule has 0 spiro atoms. The van der Waals surface area contributed by atoms with Gasteiger partial charge in [-0.1, -0.05) is 6.07 Å². The van der Waals surface area contributed by atoms with E-state index in [1.807, 2.05) is 20.8 Å². The Hall–Kier alpha value is -1.95. The van der Waals surface area contributed by atoms with Crippen molar-refractivity contribution in [1.29, 1.82) is 0 Å². The van der Waals surface area contributed by atoms with E-state index in [9.17, 15) is 9.90 Å². The number of nitrogens with one attached hydrogen (secondary N) is 2. The summed E-state index contributed by atoms with van der Waals surface area (Å²) in [5, 5.41) is 18.4. The average molecular weight is 373 g/mol. The van der Waals surface area contributed by atoms with Crippen molar-refractivity contribution in [3.63, 3.8) is 0 Å². The molecule has 2 fully saturated rings. The van der Waals surface area contributed by atoms with E-state index in [4.69, 9.17) is 4.74 Å². The minimum Gasteiger partial charge on any atom is -0.444 e. The van der Waals surface area contributed by atoms with Gasteiger partial charge >= 0.3 is 6.09 Å². The Bertz CT molecular complexity index is 741. The van der Waals surface area contributed by atoms with E-state index in [-0.39, 0.29) is 17.7 Å². The molecule has 6 heteroatoms. The van der Waals surface area contributed by atoms with E-state index in [0.29, 0.717) is 19.0 Å². The number of ether oxygens (including phenoxy) is 1. The lowest BCUT2D eigenvalue weighted by molar-refractivity contribution is -0.0260. The fourth-order valence-electron chi connectivity index (χ4n) is 4.53. The summed E-state index contributed by atoms with van der Waals surface area (Å²) in [5.74, 6) is 0.536. The summed E-state index contributed by atoms with van der Waals surface area (Å²) in [5.41, 5.74) is 2.59. The third-order valence-electron chi connectivity index (χ3n) is 5.90. The monoisotopic (exact) mass is 373 g/mol. The summed E-state index contributed by atoms with van der Waals surface area (Å²) in [6, 6.07) is 6.39. The number of carbonyl (C=O) groups is 1. The molecule has 3 N–H and O–H groups in total. The number of piperidine rings is 1. The molecule has 4 rings (SSSR count). The van der Waals surface area contributed by atoms with Crippen molar-refractivity contribution in [3.05, 3.63) is 23.8 Å². The lowest BCUT2D eigenvalue weighted by atomic mass is 9.79. The maximum absolute atomic E-state index is 12.4. The SMILES string of the molecule is Cc1ccc2c(c1)NC(C1CC1)(C1CCN(C(=O)OC(C)(C)C)CC1O)N2. The van der Waals surface area contributed by atoms with E-state index in [1.165, 1.54) is 5.56 Å². The lowest BCUT2D eigenvalue weighted by Gasteiger charge is -2.46. The van der Waals surface area contributed by atoms with E-state index in [0.717, 1.165) is 30.6 Å². The fraction of sp³-hybridized carbons (Fsp3) is 0.667. The predicted octanol–water partition coefficient (Wildman–Crippen LogP) is 3.56. The number of hydrogen-bond acceptors (Lipinski definition) is 5. The van der Waals surface area contributed by atoms with E-state index in [1.54, 1.807) is 4.90 Å². The topological polar surface area (TPSA) is 73.8 Å². The predicted molar refractivity (Wildman–Crippen MR) is 106 cm³/mol. The van der Waals surface area contributed by atoms with Crippen molar-refractivity contribution in [2.75, 3.05) is 23.7 Å². The van der Waals surface area contributed by atoms with Gasteiger partial charge in [0.05, 0.1) is 24.0 Å². The summed E-state index contributed by atoms with van der Waals surface area (Å²) >= 11 is 0. The first-order valence-corrected chi connectivity index (χ1v) is 10.0. The van der Waals surface area contributed by atoms with Crippen molar-refractivity contribution < 1.29 is 14.6 Å². The maximum Gasteiger partial charge on any atom is 0.410 e. The van der Waals surface area contributed by atoms with Gasteiger partial charge in [-0.15, -0.1) is 0 Å². The van der Waals surface area contributed by atoms with Crippen molar-refractivity contribution in [3.8, 4) is 0 Å². The molecule has 27 heavy (non-hydrogen) atoms. The summed E-state index contributed by atoms with van der Waals surface area (Å²) in [4.78, 5) is 14.0. The van der Waals surface area contributed by atoms with Crippen LogP contribution < -0.4 is 10.6 Å². The highest BCUT2D eigenvalue weighted by Gasteiger charge is 2.56. The van der Waals surface area contributed by atoms with Gasteiger partial charge in [-0.3, -0.25) is 0 Å². The largest absolute Gasteiger partial charge is 0.444 e. The van der Waals surface area contributed by atoms with Crippen LogP contribution in [0.3, 0.4) is 0 Å². The number of rotatable bonds is 2. The number of aliphatic hydroxyl groups is 1.